The molecule has 6 rings (SSSR count). The highest BCUT2D eigenvalue weighted by molar-refractivity contribution is 5.98. The Balaban J connectivity index is 1.28. The van der Waals surface area contributed by atoms with Crippen molar-refractivity contribution in [2.24, 2.45) is 5.73 Å². The lowest BCUT2D eigenvalue weighted by Gasteiger charge is -2.33. The Labute approximate surface area is 234 Å². The van der Waals surface area contributed by atoms with Gasteiger partial charge in [0.2, 0.25) is 0 Å². The minimum atomic E-state index is -1.91. The van der Waals surface area contributed by atoms with Gasteiger partial charge >= 0.3 is 11.7 Å². The van der Waals surface area contributed by atoms with Crippen molar-refractivity contribution in [2.75, 3.05) is 0 Å². The lowest BCUT2D eigenvalue weighted by molar-refractivity contribution is -0.182. The SMILES string of the molecule is NC(=O)C1(C(Cc2ccccc2)NC(=O)c2cccnc2-n2ccc(-c3ccc(-n4ccnc4)cc3)n2)OC=CO1. The molecule has 11 heteroatoms. The lowest BCUT2D eigenvalue weighted by Crippen LogP contribution is -2.61. The van der Waals surface area contributed by atoms with Crippen molar-refractivity contribution in [2.45, 2.75) is 18.2 Å². The molecule has 4 heterocycles. The molecule has 2 amide bonds. The van der Waals surface area contributed by atoms with E-state index in [0.29, 0.717) is 11.5 Å². The molecular formula is C30H25N7O4. The predicted octanol–water partition coefficient (Wildman–Crippen LogP) is 3.16. The predicted molar refractivity (Wildman–Crippen MR) is 149 cm³/mol. The smallest absolute Gasteiger partial charge is 0.352 e. The van der Waals surface area contributed by atoms with Gasteiger partial charge in [-0.2, -0.15) is 5.10 Å². The minimum absolute atomic E-state index is 0.216. The molecule has 5 aromatic rings. The van der Waals surface area contributed by atoms with Gasteiger partial charge in [-0.25, -0.2) is 14.6 Å². The zero-order valence-electron chi connectivity index (χ0n) is 21.7. The summed E-state index contributed by atoms with van der Waals surface area (Å²) in [6, 6.07) is 21.4. The van der Waals surface area contributed by atoms with Gasteiger partial charge in [0.25, 0.3) is 5.91 Å². The van der Waals surface area contributed by atoms with Crippen LogP contribution in [-0.2, 0) is 20.7 Å². The molecular weight excluding hydrogens is 522 g/mol. The number of hydrogen-bond acceptors (Lipinski definition) is 7. The van der Waals surface area contributed by atoms with Crippen LogP contribution in [0.5, 0.6) is 0 Å². The van der Waals surface area contributed by atoms with Crippen LogP contribution in [0.4, 0.5) is 0 Å². The van der Waals surface area contributed by atoms with Crippen LogP contribution < -0.4 is 11.1 Å². The Hall–Kier alpha value is -5.71. The number of nitrogens with two attached hydrogens (primary N) is 1. The number of aromatic nitrogens is 5. The molecule has 0 fully saturated rings. The van der Waals surface area contributed by atoms with Gasteiger partial charge in [-0.15, -0.1) is 0 Å². The largest absolute Gasteiger partial charge is 0.447 e. The molecule has 41 heavy (non-hydrogen) atoms. The highest BCUT2D eigenvalue weighted by atomic mass is 16.7. The molecule has 11 nitrogen and oxygen atoms in total. The topological polar surface area (TPSA) is 139 Å². The minimum Gasteiger partial charge on any atom is -0.447 e. The van der Waals surface area contributed by atoms with E-state index in [9.17, 15) is 9.59 Å². The van der Waals surface area contributed by atoms with Gasteiger partial charge < -0.3 is 25.1 Å². The average Bonchev–Trinajstić information content (AvgIpc) is 3.80. The van der Waals surface area contributed by atoms with E-state index in [4.69, 9.17) is 15.2 Å². The second-order valence-electron chi connectivity index (χ2n) is 9.29. The van der Waals surface area contributed by atoms with Crippen molar-refractivity contribution >= 4 is 11.8 Å². The van der Waals surface area contributed by atoms with Crippen molar-refractivity contribution in [3.8, 4) is 22.8 Å². The number of ether oxygens (including phenoxy) is 2. The van der Waals surface area contributed by atoms with E-state index >= 15 is 0 Å². The van der Waals surface area contributed by atoms with Crippen LogP contribution in [0, 0.1) is 0 Å². The highest BCUT2D eigenvalue weighted by Crippen LogP contribution is 2.28. The van der Waals surface area contributed by atoms with E-state index in [-0.39, 0.29) is 12.0 Å². The normalized spacial score (nSPS) is 14.1. The molecule has 0 bridgehead atoms. The molecule has 3 aromatic heterocycles. The van der Waals surface area contributed by atoms with Gasteiger partial charge in [0, 0.05) is 42.5 Å². The Morgan fingerprint density at radius 3 is 2.41 bits per heavy atom. The van der Waals surface area contributed by atoms with E-state index in [1.54, 1.807) is 37.1 Å². The number of carbonyl (C=O) groups is 2. The number of rotatable bonds is 9. The monoisotopic (exact) mass is 547 g/mol. The number of nitrogens with one attached hydrogen (secondary N) is 1. The second-order valence-corrected chi connectivity index (χ2v) is 9.29. The molecule has 2 aromatic carbocycles. The molecule has 0 aliphatic carbocycles. The van der Waals surface area contributed by atoms with Gasteiger partial charge in [0.05, 0.1) is 17.6 Å². The number of imidazole rings is 1. The van der Waals surface area contributed by atoms with Crippen LogP contribution in [0.1, 0.15) is 15.9 Å². The Morgan fingerprint density at radius 1 is 0.927 bits per heavy atom. The molecule has 0 saturated carbocycles. The zero-order chi connectivity index (χ0) is 28.2. The van der Waals surface area contributed by atoms with Gasteiger partial charge in [-0.1, -0.05) is 42.5 Å². The molecule has 1 aliphatic heterocycles. The number of nitrogens with zero attached hydrogens (tertiary/aromatic N) is 5. The first-order valence-corrected chi connectivity index (χ1v) is 12.8. The number of benzene rings is 2. The van der Waals surface area contributed by atoms with Crippen molar-refractivity contribution in [1.82, 2.24) is 29.6 Å². The molecule has 1 aliphatic rings. The Bertz CT molecular complexity index is 1690. The molecule has 1 atom stereocenters. The van der Waals surface area contributed by atoms with E-state index in [0.717, 1.165) is 16.8 Å². The summed E-state index contributed by atoms with van der Waals surface area (Å²) in [4.78, 5) is 34.8. The van der Waals surface area contributed by atoms with Crippen molar-refractivity contribution in [3.63, 3.8) is 0 Å². The Morgan fingerprint density at radius 2 is 1.71 bits per heavy atom. The van der Waals surface area contributed by atoms with Crippen molar-refractivity contribution in [3.05, 3.63) is 128 Å². The molecule has 0 radical (unpaired) electrons. The van der Waals surface area contributed by atoms with Gasteiger partial charge in [0.15, 0.2) is 5.82 Å². The van der Waals surface area contributed by atoms with E-state index < -0.39 is 23.6 Å². The third kappa shape index (κ3) is 5.03. The fourth-order valence-electron chi connectivity index (χ4n) is 4.67. The highest BCUT2D eigenvalue weighted by Gasteiger charge is 2.51. The molecule has 204 valence electrons. The quantitative estimate of drug-likeness (QED) is 0.289. The molecule has 3 N–H and O–H groups in total. The van der Waals surface area contributed by atoms with Crippen molar-refractivity contribution in [1.29, 1.82) is 0 Å². The van der Waals surface area contributed by atoms with E-state index in [2.05, 4.69) is 20.4 Å². The Kier molecular flexibility index (Phi) is 6.74. The maximum absolute atomic E-state index is 13.7. The first kappa shape index (κ1) is 25.6. The number of carbonyl (C=O) groups excluding carboxylic acids is 2. The lowest BCUT2D eigenvalue weighted by atomic mass is 9.97. The summed E-state index contributed by atoms with van der Waals surface area (Å²) >= 11 is 0. The number of primary amides is 1. The standard InChI is InChI=1S/C30H25N7O4/c31-29(39)30(40-17-18-41-30)26(19-21-5-2-1-3-6-21)34-28(38)24-7-4-13-33-27(24)37-15-12-25(35-37)22-8-10-23(11-9-22)36-16-14-32-20-36/h1-18,20,26H,19H2,(H2,31,39)(H,34,38). The van der Waals surface area contributed by atoms with Crippen LogP contribution in [0.3, 0.4) is 0 Å². The summed E-state index contributed by atoms with van der Waals surface area (Å²) in [5, 5.41) is 7.57. The second kappa shape index (κ2) is 10.8. The first-order chi connectivity index (χ1) is 20.0. The van der Waals surface area contributed by atoms with Gasteiger partial charge in [0.1, 0.15) is 18.6 Å². The number of pyridine rings is 1. The fourth-order valence-corrected chi connectivity index (χ4v) is 4.67. The summed E-state index contributed by atoms with van der Waals surface area (Å²) in [5.41, 5.74) is 9.36. The molecule has 1 unspecified atom stereocenters. The van der Waals surface area contributed by atoms with Crippen molar-refractivity contribution < 1.29 is 19.1 Å². The third-order valence-electron chi connectivity index (χ3n) is 6.73. The van der Waals surface area contributed by atoms with Crippen LogP contribution in [0.25, 0.3) is 22.8 Å². The fraction of sp³-hybridized carbons (Fsp3) is 0.100. The number of hydrogen-bond donors (Lipinski definition) is 2. The number of amides is 2. The maximum atomic E-state index is 13.7. The van der Waals surface area contributed by atoms with E-state index in [1.165, 1.54) is 17.2 Å². The maximum Gasteiger partial charge on any atom is 0.352 e. The van der Waals surface area contributed by atoms with Crippen LogP contribution in [0.2, 0.25) is 0 Å². The van der Waals surface area contributed by atoms with Crippen LogP contribution in [-0.4, -0.2) is 48.0 Å². The first-order valence-electron chi connectivity index (χ1n) is 12.8. The van der Waals surface area contributed by atoms with E-state index in [1.807, 2.05) is 71.4 Å². The summed E-state index contributed by atoms with van der Waals surface area (Å²) in [6.45, 7) is 0. The summed E-state index contributed by atoms with van der Waals surface area (Å²) in [6.07, 6.45) is 11.3. The van der Waals surface area contributed by atoms with Gasteiger partial charge in [-0.3, -0.25) is 9.59 Å². The van der Waals surface area contributed by atoms with Crippen LogP contribution >= 0.6 is 0 Å². The van der Waals surface area contributed by atoms with Gasteiger partial charge in [-0.05, 0) is 35.9 Å². The molecule has 0 spiro atoms. The van der Waals surface area contributed by atoms with Crippen LogP contribution in [0.15, 0.2) is 116 Å². The third-order valence-corrected chi connectivity index (χ3v) is 6.73. The summed E-state index contributed by atoms with van der Waals surface area (Å²) in [5.74, 6) is -2.97. The summed E-state index contributed by atoms with van der Waals surface area (Å²) < 4.78 is 14.5. The summed E-state index contributed by atoms with van der Waals surface area (Å²) in [7, 11) is 0. The average molecular weight is 548 g/mol. The zero-order valence-corrected chi connectivity index (χ0v) is 21.7. The molecule has 0 saturated heterocycles.